The summed E-state index contributed by atoms with van der Waals surface area (Å²) >= 11 is 1.88. The Hall–Kier alpha value is -1.56. The van der Waals surface area contributed by atoms with E-state index in [2.05, 4.69) is 42.2 Å². The molecule has 1 aromatic carbocycles. The van der Waals surface area contributed by atoms with Crippen molar-refractivity contribution in [3.63, 3.8) is 0 Å². The molecule has 1 aromatic heterocycles. The number of rotatable bonds is 0. The quantitative estimate of drug-likeness (QED) is 0.532. The molecule has 0 amide bonds. The molecule has 0 N–H and O–H groups in total. The first-order valence-electron chi connectivity index (χ1n) is 5.12. The largest absolute Gasteiger partial charge is 0.135 e. The minimum atomic E-state index is 1.05. The van der Waals surface area contributed by atoms with Crippen molar-refractivity contribution in [3.05, 3.63) is 45.2 Å². The van der Waals surface area contributed by atoms with E-state index < -0.39 is 0 Å². The molecule has 0 spiro atoms. The summed E-state index contributed by atoms with van der Waals surface area (Å²) in [6, 6.07) is 4.52. The van der Waals surface area contributed by atoms with Gasteiger partial charge in [-0.2, -0.15) is 0 Å². The van der Waals surface area contributed by atoms with Crippen molar-refractivity contribution in [1.82, 2.24) is 0 Å². The molecule has 0 aliphatic heterocycles. The van der Waals surface area contributed by atoms with Crippen LogP contribution in [-0.4, -0.2) is 0 Å². The predicted molar refractivity (Wildman–Crippen MR) is 66.3 cm³/mol. The number of fused-ring (bicyclic) bond motifs is 4. The van der Waals surface area contributed by atoms with Crippen LogP contribution in [0.2, 0.25) is 0 Å². The van der Waals surface area contributed by atoms with Gasteiger partial charge in [-0.05, 0) is 24.6 Å². The lowest BCUT2D eigenvalue weighted by Gasteiger charge is -1.90. The molecule has 0 atom stereocenters. The van der Waals surface area contributed by atoms with Gasteiger partial charge >= 0.3 is 0 Å². The van der Waals surface area contributed by atoms with Crippen LogP contribution in [0.1, 0.15) is 16.9 Å². The molecule has 0 radical (unpaired) electrons. The van der Waals surface area contributed by atoms with Gasteiger partial charge in [0.05, 0.1) is 0 Å². The van der Waals surface area contributed by atoms with Gasteiger partial charge in [-0.1, -0.05) is 18.2 Å². The number of benzene rings is 1. The highest BCUT2D eigenvalue weighted by Crippen LogP contribution is 2.33. The van der Waals surface area contributed by atoms with E-state index in [0.29, 0.717) is 0 Å². The maximum Gasteiger partial charge on any atom is 0.0368 e. The molecule has 4 rings (SSSR count). The van der Waals surface area contributed by atoms with E-state index in [1.807, 2.05) is 11.3 Å². The molecule has 0 nitrogen and oxygen atoms in total. The first-order valence-corrected chi connectivity index (χ1v) is 5.94. The Kier molecular flexibility index (Phi) is 1.29. The van der Waals surface area contributed by atoms with Crippen molar-refractivity contribution in [2.45, 2.75) is 6.42 Å². The topological polar surface area (TPSA) is 0 Å². The highest BCUT2D eigenvalue weighted by molar-refractivity contribution is 7.20. The summed E-state index contributed by atoms with van der Waals surface area (Å²) in [4.78, 5) is 1.39. The zero-order chi connectivity index (χ0) is 9.83. The number of thiophene rings is 1. The van der Waals surface area contributed by atoms with E-state index in [1.165, 1.54) is 31.0 Å². The monoisotopic (exact) mass is 208 g/mol. The van der Waals surface area contributed by atoms with E-state index in [-0.39, 0.29) is 0 Å². The second-order valence-electron chi connectivity index (χ2n) is 3.94. The van der Waals surface area contributed by atoms with Gasteiger partial charge in [0.15, 0.2) is 0 Å². The van der Waals surface area contributed by atoms with Gasteiger partial charge in [0.1, 0.15) is 0 Å². The molecule has 15 heavy (non-hydrogen) atoms. The van der Waals surface area contributed by atoms with Gasteiger partial charge in [-0.3, -0.25) is 0 Å². The average Bonchev–Trinajstić information content (AvgIpc) is 2.95. The second kappa shape index (κ2) is 2.52. The van der Waals surface area contributed by atoms with Crippen LogP contribution in [0.5, 0.6) is 0 Å². The smallest absolute Gasteiger partial charge is 0.0368 e. The Morgan fingerprint density at radius 3 is 2.93 bits per heavy atom. The zero-order valence-corrected chi connectivity index (χ0v) is 8.90. The van der Waals surface area contributed by atoms with E-state index in [4.69, 9.17) is 0 Å². The van der Waals surface area contributed by atoms with Crippen LogP contribution < -0.4 is 10.4 Å². The first kappa shape index (κ1) is 7.70. The van der Waals surface area contributed by atoms with Crippen LogP contribution in [0.15, 0.2) is 24.3 Å². The highest BCUT2D eigenvalue weighted by Gasteiger charge is 2.10. The molecule has 0 saturated carbocycles. The van der Waals surface area contributed by atoms with Crippen LogP contribution in [0.25, 0.3) is 28.0 Å². The fourth-order valence-electron chi connectivity index (χ4n) is 2.10. The van der Waals surface area contributed by atoms with E-state index in [0.717, 1.165) is 6.42 Å². The Labute approximate surface area is 91.2 Å². The molecule has 0 saturated heterocycles. The van der Waals surface area contributed by atoms with Gasteiger partial charge < -0.3 is 0 Å². The number of hydrogen-bond donors (Lipinski definition) is 0. The van der Waals surface area contributed by atoms with Crippen LogP contribution in [0, 0.1) is 0 Å². The molecule has 2 aromatic rings. The summed E-state index contributed by atoms with van der Waals surface area (Å²) in [5.41, 5.74) is 4.66. The summed E-state index contributed by atoms with van der Waals surface area (Å²) in [7, 11) is 0. The van der Waals surface area contributed by atoms with Crippen molar-refractivity contribution < 1.29 is 0 Å². The van der Waals surface area contributed by atoms with Gasteiger partial charge in [-0.25, -0.2) is 0 Å². The number of hydrogen-bond acceptors (Lipinski definition) is 1. The third-order valence-electron chi connectivity index (χ3n) is 2.93. The van der Waals surface area contributed by atoms with Crippen molar-refractivity contribution in [3.8, 4) is 0 Å². The summed E-state index contributed by atoms with van der Waals surface area (Å²) in [6.07, 6.45) is 10.0. The standard InChI is InChI=1S/C14H8S/c1-2-4-11-12-7-9-6-10(9)8-14(12)15-13(11)5-3-1/h2-5,7-8H,1H2. The molecule has 1 heterocycles. The van der Waals surface area contributed by atoms with E-state index >= 15 is 0 Å². The van der Waals surface area contributed by atoms with Crippen molar-refractivity contribution in [2.24, 2.45) is 0 Å². The Morgan fingerprint density at radius 1 is 1.07 bits per heavy atom. The molecule has 2 aliphatic carbocycles. The van der Waals surface area contributed by atoms with Crippen molar-refractivity contribution in [2.75, 3.05) is 0 Å². The summed E-state index contributed by atoms with van der Waals surface area (Å²) in [6.45, 7) is 0. The second-order valence-corrected chi connectivity index (χ2v) is 5.02. The first-order chi connectivity index (χ1) is 7.42. The van der Waals surface area contributed by atoms with Crippen molar-refractivity contribution >= 4 is 39.3 Å². The van der Waals surface area contributed by atoms with Gasteiger partial charge in [-0.15, -0.1) is 17.1 Å². The fraction of sp³-hybridized carbons (Fsp3) is 0.0714. The van der Waals surface area contributed by atoms with Crippen molar-refractivity contribution in [1.29, 1.82) is 0 Å². The third kappa shape index (κ3) is 1.02. The average molecular weight is 208 g/mol. The van der Waals surface area contributed by atoms with Crippen LogP contribution in [-0.2, 0) is 0 Å². The van der Waals surface area contributed by atoms with Gasteiger partial charge in [0, 0.05) is 31.0 Å². The third-order valence-corrected chi connectivity index (χ3v) is 4.06. The summed E-state index contributed by atoms with van der Waals surface area (Å²) < 4.78 is 1.39. The minimum Gasteiger partial charge on any atom is -0.135 e. The Bertz CT molecular complexity index is 766. The molecular formula is C14H8S. The lowest BCUT2D eigenvalue weighted by atomic mass is 10.1. The molecule has 2 aliphatic rings. The predicted octanol–water partition coefficient (Wildman–Crippen LogP) is 2.40. The van der Waals surface area contributed by atoms with E-state index in [9.17, 15) is 0 Å². The maximum atomic E-state index is 3.27. The van der Waals surface area contributed by atoms with Crippen LogP contribution >= 0.6 is 11.3 Å². The summed E-state index contributed by atoms with van der Waals surface area (Å²) in [5, 5.41) is 3.98. The minimum absolute atomic E-state index is 1.05. The molecular weight excluding hydrogens is 200 g/mol. The van der Waals surface area contributed by atoms with Gasteiger partial charge in [0.25, 0.3) is 0 Å². The maximum absolute atomic E-state index is 3.27. The molecule has 0 bridgehead atoms. The zero-order valence-electron chi connectivity index (χ0n) is 8.08. The SMILES string of the molecule is C1=c2cc3sc4c(c3cc2=1)C=CCC=C4. The lowest BCUT2D eigenvalue weighted by molar-refractivity contribution is 1.44. The Morgan fingerprint density at radius 2 is 1.93 bits per heavy atom. The summed E-state index contributed by atoms with van der Waals surface area (Å²) in [5.74, 6) is 0. The fourth-order valence-corrected chi connectivity index (χ4v) is 3.25. The highest BCUT2D eigenvalue weighted by atomic mass is 32.1. The van der Waals surface area contributed by atoms with Crippen LogP contribution in [0.3, 0.4) is 0 Å². The van der Waals surface area contributed by atoms with Crippen LogP contribution in [0.4, 0.5) is 0 Å². The lowest BCUT2D eigenvalue weighted by Crippen LogP contribution is -2.04. The molecule has 0 fully saturated rings. The number of allylic oxidation sites excluding steroid dienone is 2. The molecule has 1 heteroatoms. The molecule has 0 unspecified atom stereocenters. The van der Waals surface area contributed by atoms with Gasteiger partial charge in [0.2, 0.25) is 0 Å². The Balaban J connectivity index is 2.19. The molecule has 70 valence electrons. The normalized spacial score (nSPS) is 15.2. The van der Waals surface area contributed by atoms with E-state index in [1.54, 1.807) is 0 Å².